The van der Waals surface area contributed by atoms with E-state index in [0.29, 0.717) is 18.2 Å². The van der Waals surface area contributed by atoms with Crippen molar-refractivity contribution < 1.29 is 14.6 Å². The second kappa shape index (κ2) is 7.50. The van der Waals surface area contributed by atoms with Crippen LogP contribution in [0.1, 0.15) is 5.56 Å². The Hall–Kier alpha value is -0.810. The molecule has 0 aliphatic heterocycles. The van der Waals surface area contributed by atoms with Crippen LogP contribution in [0.4, 0.5) is 0 Å². The fourth-order valence-corrected chi connectivity index (χ4v) is 1.76. The predicted octanol–water partition coefficient (Wildman–Crippen LogP) is 1.45. The second-order valence-corrected chi connectivity index (χ2v) is 4.04. The van der Waals surface area contributed by atoms with Gasteiger partial charge in [-0.1, -0.05) is 17.7 Å². The lowest BCUT2D eigenvalue weighted by Gasteiger charge is -2.17. The Morgan fingerprint density at radius 3 is 2.76 bits per heavy atom. The summed E-state index contributed by atoms with van der Waals surface area (Å²) in [6, 6.07) is 5.39. The van der Waals surface area contributed by atoms with Crippen molar-refractivity contribution in [2.24, 2.45) is 0 Å². The number of methoxy groups -OCH3 is 2. The molecule has 0 heterocycles. The van der Waals surface area contributed by atoms with Crippen molar-refractivity contribution in [3.05, 3.63) is 28.8 Å². The van der Waals surface area contributed by atoms with Crippen molar-refractivity contribution in [2.75, 3.05) is 27.4 Å². The fourth-order valence-electron chi connectivity index (χ4n) is 1.53. The monoisotopic (exact) mass is 259 g/mol. The standard InChI is InChI=1S/C12H18ClNO3/c1-16-8-9(7-15)14-6-10-11(13)4-3-5-12(10)17-2/h3-5,9,14-15H,6-8H2,1-2H3. The van der Waals surface area contributed by atoms with Gasteiger partial charge >= 0.3 is 0 Å². The van der Waals surface area contributed by atoms with Gasteiger partial charge in [0.05, 0.1) is 26.4 Å². The molecule has 0 fully saturated rings. The molecular formula is C12H18ClNO3. The minimum atomic E-state index is -0.110. The summed E-state index contributed by atoms with van der Waals surface area (Å²) in [6.07, 6.45) is 0. The molecule has 0 aliphatic carbocycles. The van der Waals surface area contributed by atoms with E-state index in [1.54, 1.807) is 14.2 Å². The molecule has 4 nitrogen and oxygen atoms in total. The quantitative estimate of drug-likeness (QED) is 0.778. The van der Waals surface area contributed by atoms with E-state index >= 15 is 0 Å². The summed E-state index contributed by atoms with van der Waals surface area (Å²) in [7, 11) is 3.20. The first-order valence-electron chi connectivity index (χ1n) is 5.37. The van der Waals surface area contributed by atoms with Gasteiger partial charge in [0.1, 0.15) is 5.75 Å². The van der Waals surface area contributed by atoms with Gasteiger partial charge in [-0.15, -0.1) is 0 Å². The first-order chi connectivity index (χ1) is 8.22. The van der Waals surface area contributed by atoms with Gasteiger partial charge in [0, 0.05) is 24.2 Å². The molecule has 0 bridgehead atoms. The molecule has 1 unspecified atom stereocenters. The molecular weight excluding hydrogens is 242 g/mol. The number of benzene rings is 1. The van der Waals surface area contributed by atoms with Crippen LogP contribution in [0.5, 0.6) is 5.75 Å². The highest BCUT2D eigenvalue weighted by atomic mass is 35.5. The molecule has 0 saturated heterocycles. The molecule has 0 aliphatic rings. The third-order valence-corrected chi connectivity index (χ3v) is 2.81. The summed E-state index contributed by atoms with van der Waals surface area (Å²) in [5.74, 6) is 0.735. The van der Waals surface area contributed by atoms with E-state index in [2.05, 4.69) is 5.32 Å². The number of nitrogens with one attached hydrogen (secondary N) is 1. The smallest absolute Gasteiger partial charge is 0.124 e. The lowest BCUT2D eigenvalue weighted by atomic mass is 10.2. The molecule has 96 valence electrons. The summed E-state index contributed by atoms with van der Waals surface area (Å²) in [5.41, 5.74) is 0.881. The number of hydrogen-bond acceptors (Lipinski definition) is 4. The third kappa shape index (κ3) is 4.16. The molecule has 0 radical (unpaired) electrons. The summed E-state index contributed by atoms with van der Waals surface area (Å²) in [4.78, 5) is 0. The molecule has 0 saturated carbocycles. The second-order valence-electron chi connectivity index (χ2n) is 3.64. The largest absolute Gasteiger partial charge is 0.496 e. The summed E-state index contributed by atoms with van der Waals surface area (Å²) >= 11 is 6.10. The first-order valence-corrected chi connectivity index (χ1v) is 5.75. The maximum absolute atomic E-state index is 9.12. The van der Waals surface area contributed by atoms with Gasteiger partial charge in [0.2, 0.25) is 0 Å². The average Bonchev–Trinajstić information content (AvgIpc) is 2.35. The fraction of sp³-hybridized carbons (Fsp3) is 0.500. The predicted molar refractivity (Wildman–Crippen MR) is 67.6 cm³/mol. The molecule has 0 spiro atoms. The molecule has 1 rings (SSSR count). The van der Waals surface area contributed by atoms with Gasteiger partial charge < -0.3 is 19.9 Å². The van der Waals surface area contributed by atoms with E-state index in [-0.39, 0.29) is 12.6 Å². The summed E-state index contributed by atoms with van der Waals surface area (Å²) < 4.78 is 10.2. The van der Waals surface area contributed by atoms with Crippen molar-refractivity contribution in [1.82, 2.24) is 5.32 Å². The van der Waals surface area contributed by atoms with Gasteiger partial charge in [-0.3, -0.25) is 0 Å². The highest BCUT2D eigenvalue weighted by Gasteiger charge is 2.11. The van der Waals surface area contributed by atoms with Crippen molar-refractivity contribution in [3.63, 3.8) is 0 Å². The van der Waals surface area contributed by atoms with Crippen LogP contribution in [-0.4, -0.2) is 38.6 Å². The van der Waals surface area contributed by atoms with Gasteiger partial charge in [-0.25, -0.2) is 0 Å². The normalized spacial score (nSPS) is 12.5. The Morgan fingerprint density at radius 1 is 1.41 bits per heavy atom. The van der Waals surface area contributed by atoms with E-state index in [1.165, 1.54) is 0 Å². The SMILES string of the molecule is COCC(CO)NCc1c(Cl)cccc1OC. The first kappa shape index (κ1) is 14.3. The molecule has 5 heteroatoms. The number of rotatable bonds is 7. The summed E-state index contributed by atoms with van der Waals surface area (Å²) in [5, 5.41) is 12.9. The highest BCUT2D eigenvalue weighted by molar-refractivity contribution is 6.31. The van der Waals surface area contributed by atoms with Crippen LogP contribution in [0, 0.1) is 0 Å². The molecule has 0 amide bonds. The topological polar surface area (TPSA) is 50.7 Å². The molecule has 0 aromatic heterocycles. The maximum atomic E-state index is 9.12. The Morgan fingerprint density at radius 2 is 2.18 bits per heavy atom. The Labute approximate surface area is 106 Å². The number of halogens is 1. The van der Waals surface area contributed by atoms with Gasteiger partial charge in [-0.2, -0.15) is 0 Å². The Kier molecular flexibility index (Phi) is 6.29. The van der Waals surface area contributed by atoms with E-state index < -0.39 is 0 Å². The van der Waals surface area contributed by atoms with Crippen LogP contribution in [0.3, 0.4) is 0 Å². The van der Waals surface area contributed by atoms with Crippen LogP contribution in [0.15, 0.2) is 18.2 Å². The zero-order valence-corrected chi connectivity index (χ0v) is 10.8. The van der Waals surface area contributed by atoms with E-state index in [0.717, 1.165) is 11.3 Å². The average molecular weight is 260 g/mol. The van der Waals surface area contributed by atoms with Crippen molar-refractivity contribution in [2.45, 2.75) is 12.6 Å². The lowest BCUT2D eigenvalue weighted by molar-refractivity contribution is 0.128. The number of aliphatic hydroxyl groups is 1. The van der Waals surface area contributed by atoms with Crippen LogP contribution >= 0.6 is 11.6 Å². The van der Waals surface area contributed by atoms with Gasteiger partial charge in [-0.05, 0) is 12.1 Å². The zero-order valence-electron chi connectivity index (χ0n) is 10.1. The maximum Gasteiger partial charge on any atom is 0.124 e. The van der Waals surface area contributed by atoms with Crippen LogP contribution in [-0.2, 0) is 11.3 Å². The molecule has 2 N–H and O–H groups in total. The lowest BCUT2D eigenvalue weighted by Crippen LogP contribution is -2.36. The van der Waals surface area contributed by atoms with Crippen molar-refractivity contribution in [3.8, 4) is 5.75 Å². The summed E-state index contributed by atoms with van der Waals surface area (Å²) in [6.45, 7) is 0.987. The Balaban J connectivity index is 2.67. The highest BCUT2D eigenvalue weighted by Crippen LogP contribution is 2.25. The van der Waals surface area contributed by atoms with Gasteiger partial charge in [0.25, 0.3) is 0 Å². The Bertz CT molecular complexity index is 347. The molecule has 17 heavy (non-hydrogen) atoms. The number of aliphatic hydroxyl groups excluding tert-OH is 1. The zero-order chi connectivity index (χ0) is 12.7. The van der Waals surface area contributed by atoms with Crippen LogP contribution in [0.25, 0.3) is 0 Å². The van der Waals surface area contributed by atoms with E-state index in [9.17, 15) is 0 Å². The minimum Gasteiger partial charge on any atom is -0.496 e. The molecule has 1 aromatic carbocycles. The van der Waals surface area contributed by atoms with Gasteiger partial charge in [0.15, 0.2) is 0 Å². The third-order valence-electron chi connectivity index (χ3n) is 2.45. The van der Waals surface area contributed by atoms with Crippen LogP contribution < -0.4 is 10.1 Å². The number of hydrogen-bond donors (Lipinski definition) is 2. The molecule has 1 atom stereocenters. The minimum absolute atomic E-state index is 0.0145. The molecule has 1 aromatic rings. The van der Waals surface area contributed by atoms with Crippen molar-refractivity contribution in [1.29, 1.82) is 0 Å². The van der Waals surface area contributed by atoms with E-state index in [4.69, 9.17) is 26.2 Å². The van der Waals surface area contributed by atoms with Crippen molar-refractivity contribution >= 4 is 11.6 Å². The van der Waals surface area contributed by atoms with E-state index in [1.807, 2.05) is 18.2 Å². The number of ether oxygens (including phenoxy) is 2. The van der Waals surface area contributed by atoms with Crippen LogP contribution in [0.2, 0.25) is 5.02 Å².